The molecule has 0 aliphatic carbocycles. The van der Waals surface area contributed by atoms with Gasteiger partial charge in [-0.25, -0.2) is 25.8 Å². The van der Waals surface area contributed by atoms with E-state index in [9.17, 15) is 19.2 Å². The van der Waals surface area contributed by atoms with Crippen LogP contribution in [0.3, 0.4) is 0 Å². The molecule has 0 bridgehead atoms. The van der Waals surface area contributed by atoms with Gasteiger partial charge in [0.15, 0.2) is 0 Å². The van der Waals surface area contributed by atoms with Gasteiger partial charge in [0.25, 0.3) is 0 Å². The van der Waals surface area contributed by atoms with Crippen molar-refractivity contribution in [1.29, 1.82) is 0 Å². The third-order valence-electron chi connectivity index (χ3n) is 6.97. The highest BCUT2D eigenvalue weighted by Gasteiger charge is 2.44. The van der Waals surface area contributed by atoms with Crippen molar-refractivity contribution >= 4 is 24.1 Å². The van der Waals surface area contributed by atoms with Gasteiger partial charge in [0, 0.05) is 6.54 Å². The maximum atomic E-state index is 12.2. The molecule has 2 aromatic carbocycles. The molecule has 0 saturated carbocycles. The number of ether oxygens (including phenoxy) is 4. The summed E-state index contributed by atoms with van der Waals surface area (Å²) in [6, 6.07) is 17.1. The summed E-state index contributed by atoms with van der Waals surface area (Å²) in [5.74, 6) is -0.562. The summed E-state index contributed by atoms with van der Waals surface area (Å²) in [6.45, 7) is 14.2. The Balaban J connectivity index is 0.000000300. The smallest absolute Gasteiger partial charge is 0.411 e. The van der Waals surface area contributed by atoms with Crippen molar-refractivity contribution in [3.8, 4) is 0 Å². The summed E-state index contributed by atoms with van der Waals surface area (Å²) >= 11 is 0. The maximum absolute atomic E-state index is 12.2. The van der Waals surface area contributed by atoms with Gasteiger partial charge < -0.3 is 23.8 Å². The highest BCUT2D eigenvalue weighted by atomic mass is 16.6. The number of carbonyl (C=O) groups is 4. The van der Waals surface area contributed by atoms with Gasteiger partial charge in [0.1, 0.15) is 31.8 Å². The molecule has 2 aliphatic heterocycles. The Kier molecular flexibility index (Phi) is 14.7. The van der Waals surface area contributed by atoms with E-state index in [1.807, 2.05) is 67.6 Å². The first-order valence-electron chi connectivity index (χ1n) is 14.4. The Labute approximate surface area is 259 Å². The SMILES string of the molecule is C.CCOC(=O)[C@@H]1C[C@@H](C)CN1C(=O)OCc1ccccc1.[C-]#[N+][C@H]1C[C@@H](C(=O)OCC)N(C(=O)OCc2ccccc2)C1. The fourth-order valence-electron chi connectivity index (χ4n) is 4.89. The Morgan fingerprint density at radius 2 is 1.16 bits per heavy atom. The number of carbonyl (C=O) groups excluding carboxylic acids is 4. The summed E-state index contributed by atoms with van der Waals surface area (Å²) < 4.78 is 20.5. The normalized spacial score (nSPS) is 20.2. The van der Waals surface area contributed by atoms with Crippen LogP contribution in [-0.4, -0.2) is 78.4 Å². The molecule has 2 aromatic rings. The Bertz CT molecular complexity index is 1250. The average Bonchev–Trinajstić information content (AvgIpc) is 3.64. The van der Waals surface area contributed by atoms with E-state index < -0.39 is 36.3 Å². The lowest BCUT2D eigenvalue weighted by atomic mass is 10.1. The molecular weight excluding hydrogens is 566 g/mol. The molecule has 2 heterocycles. The number of likely N-dealkylation sites (tertiary alicyclic amines) is 2. The summed E-state index contributed by atoms with van der Waals surface area (Å²) in [4.78, 5) is 54.4. The third kappa shape index (κ3) is 10.3. The highest BCUT2D eigenvalue weighted by molar-refractivity contribution is 5.83. The van der Waals surface area contributed by atoms with Gasteiger partial charge in [-0.15, -0.1) is 0 Å². The van der Waals surface area contributed by atoms with Crippen LogP contribution >= 0.6 is 0 Å². The quantitative estimate of drug-likeness (QED) is 0.220. The zero-order valence-electron chi connectivity index (χ0n) is 24.8. The molecule has 4 rings (SSSR count). The number of nitrogens with zero attached hydrogens (tertiary/aromatic N) is 3. The lowest BCUT2D eigenvalue weighted by Gasteiger charge is -2.22. The van der Waals surface area contributed by atoms with Crippen LogP contribution in [0.1, 0.15) is 52.2 Å². The predicted molar refractivity (Wildman–Crippen MR) is 163 cm³/mol. The zero-order valence-corrected chi connectivity index (χ0v) is 24.8. The molecule has 0 aromatic heterocycles. The van der Waals surface area contributed by atoms with Gasteiger partial charge in [-0.2, -0.15) is 0 Å². The maximum Gasteiger partial charge on any atom is 0.411 e. The van der Waals surface area contributed by atoms with Crippen molar-refractivity contribution < 1.29 is 38.1 Å². The number of amides is 2. The van der Waals surface area contributed by atoms with Gasteiger partial charge in [0.2, 0.25) is 6.04 Å². The van der Waals surface area contributed by atoms with E-state index in [1.165, 1.54) is 9.80 Å². The predicted octanol–water partition coefficient (Wildman–Crippen LogP) is 5.48. The van der Waals surface area contributed by atoms with Crippen LogP contribution in [0, 0.1) is 12.5 Å². The van der Waals surface area contributed by atoms with Crippen molar-refractivity contribution in [3.63, 3.8) is 0 Å². The van der Waals surface area contributed by atoms with Crippen molar-refractivity contribution in [2.75, 3.05) is 26.3 Å². The Morgan fingerprint density at radius 3 is 1.59 bits per heavy atom. The molecule has 0 unspecified atom stereocenters. The second-order valence-corrected chi connectivity index (χ2v) is 10.3. The molecule has 0 spiro atoms. The zero-order chi connectivity index (χ0) is 31.2. The Hall–Kier alpha value is -4.59. The molecule has 2 saturated heterocycles. The van der Waals surface area contributed by atoms with Crippen LogP contribution in [-0.2, 0) is 41.8 Å². The topological polar surface area (TPSA) is 116 Å². The highest BCUT2D eigenvalue weighted by Crippen LogP contribution is 2.25. The van der Waals surface area contributed by atoms with Crippen molar-refractivity contribution in [2.24, 2.45) is 5.92 Å². The van der Waals surface area contributed by atoms with Gasteiger partial charge in [-0.1, -0.05) is 75.0 Å². The lowest BCUT2D eigenvalue weighted by Crippen LogP contribution is -2.41. The third-order valence-corrected chi connectivity index (χ3v) is 6.97. The van der Waals surface area contributed by atoms with E-state index in [0.29, 0.717) is 26.0 Å². The van der Waals surface area contributed by atoms with E-state index in [1.54, 1.807) is 13.8 Å². The molecule has 2 amide bonds. The summed E-state index contributed by atoms with van der Waals surface area (Å²) in [6.07, 6.45) is -0.128. The lowest BCUT2D eigenvalue weighted by molar-refractivity contribution is -0.148. The van der Waals surface area contributed by atoms with Crippen molar-refractivity contribution in [2.45, 2.75) is 72.4 Å². The van der Waals surface area contributed by atoms with Crippen LogP contribution < -0.4 is 0 Å². The second-order valence-electron chi connectivity index (χ2n) is 10.3. The fraction of sp³-hybridized carbons (Fsp3) is 0.485. The first kappa shape index (κ1) is 35.6. The van der Waals surface area contributed by atoms with Gasteiger partial charge in [0.05, 0.1) is 19.6 Å². The summed E-state index contributed by atoms with van der Waals surface area (Å²) in [5, 5.41) is 0. The molecule has 44 heavy (non-hydrogen) atoms. The van der Waals surface area contributed by atoms with E-state index in [2.05, 4.69) is 4.85 Å². The molecule has 11 heteroatoms. The number of benzene rings is 2. The van der Waals surface area contributed by atoms with E-state index in [0.717, 1.165) is 11.1 Å². The van der Waals surface area contributed by atoms with E-state index in [4.69, 9.17) is 25.5 Å². The number of hydrogen-bond acceptors (Lipinski definition) is 8. The van der Waals surface area contributed by atoms with Crippen LogP contribution in [0.4, 0.5) is 9.59 Å². The molecule has 238 valence electrons. The molecule has 0 N–H and O–H groups in total. The van der Waals surface area contributed by atoms with Gasteiger partial charge in [-0.3, -0.25) is 9.80 Å². The van der Waals surface area contributed by atoms with Crippen LogP contribution in [0.5, 0.6) is 0 Å². The molecule has 2 fully saturated rings. The van der Waals surface area contributed by atoms with E-state index in [-0.39, 0.29) is 45.7 Å². The minimum atomic E-state index is -0.734. The molecule has 2 aliphatic rings. The average molecular weight is 610 g/mol. The van der Waals surface area contributed by atoms with Gasteiger partial charge in [-0.05, 0) is 37.3 Å². The van der Waals surface area contributed by atoms with Crippen molar-refractivity contribution in [3.05, 3.63) is 83.2 Å². The first-order valence-corrected chi connectivity index (χ1v) is 14.4. The van der Waals surface area contributed by atoms with Crippen LogP contribution in [0.15, 0.2) is 60.7 Å². The monoisotopic (exact) mass is 609 g/mol. The minimum Gasteiger partial charge on any atom is -0.464 e. The van der Waals surface area contributed by atoms with Crippen molar-refractivity contribution in [1.82, 2.24) is 9.80 Å². The fourth-order valence-corrected chi connectivity index (χ4v) is 4.89. The number of esters is 2. The standard InChI is InChI=1S/C16H18N2O4.C16H21NO4.CH4/c1-3-21-15(19)14-9-13(17-2)10-18(14)16(20)22-11-12-7-5-4-6-8-12;1-3-20-15(18)14-9-12(2)10-17(14)16(19)21-11-13-7-5-4-6-8-13;/h4-8,13-14H,3,9-11H2,1H3;4-8,12,14H,3,9-11H2,1-2H3;1H4/t13-,14-;12-,14+;/m01./s1. The number of rotatable bonds is 8. The van der Waals surface area contributed by atoms with Gasteiger partial charge >= 0.3 is 24.1 Å². The molecular formula is C33H43N3O8. The first-order chi connectivity index (χ1) is 20.8. The van der Waals surface area contributed by atoms with E-state index >= 15 is 0 Å². The van der Waals surface area contributed by atoms with Crippen LogP contribution in [0.25, 0.3) is 4.85 Å². The molecule has 4 atom stereocenters. The largest absolute Gasteiger partial charge is 0.464 e. The Morgan fingerprint density at radius 1 is 0.727 bits per heavy atom. The molecule has 0 radical (unpaired) electrons. The van der Waals surface area contributed by atoms with Crippen LogP contribution in [0.2, 0.25) is 0 Å². The second kappa shape index (κ2) is 18.2. The number of hydrogen-bond donors (Lipinski definition) is 0. The minimum absolute atomic E-state index is 0. The summed E-state index contributed by atoms with van der Waals surface area (Å²) in [7, 11) is 0. The summed E-state index contributed by atoms with van der Waals surface area (Å²) in [5.41, 5.74) is 1.79. The molecule has 11 nitrogen and oxygen atoms in total.